The molecule has 0 spiro atoms. The molecule has 0 radical (unpaired) electrons. The van der Waals surface area contributed by atoms with Crippen LogP contribution in [0.25, 0.3) is 5.65 Å². The fourth-order valence-corrected chi connectivity index (χ4v) is 2.92. The highest BCUT2D eigenvalue weighted by Gasteiger charge is 2.07. The molecule has 2 heterocycles. The highest BCUT2D eigenvalue weighted by molar-refractivity contribution is 7.99. The van der Waals surface area contributed by atoms with Gasteiger partial charge in [0.1, 0.15) is 5.82 Å². The van der Waals surface area contributed by atoms with Crippen LogP contribution in [0.15, 0.2) is 53.6 Å². The number of hydrogen-bond acceptors (Lipinski definition) is 4. The summed E-state index contributed by atoms with van der Waals surface area (Å²) in [5.41, 5.74) is 0.753. The number of nitrogens with one attached hydrogen (secondary N) is 1. The molecule has 5 nitrogen and oxygen atoms in total. The number of amides is 1. The molecule has 0 aliphatic carbocycles. The highest BCUT2D eigenvalue weighted by Crippen LogP contribution is 2.18. The molecule has 2 aromatic heterocycles. The van der Waals surface area contributed by atoms with Crippen molar-refractivity contribution in [3.05, 3.63) is 60.3 Å². The summed E-state index contributed by atoms with van der Waals surface area (Å²) in [6.07, 6.45) is 2.25. The zero-order valence-corrected chi connectivity index (χ0v) is 13.1. The van der Waals surface area contributed by atoms with E-state index in [-0.39, 0.29) is 11.7 Å². The summed E-state index contributed by atoms with van der Waals surface area (Å²) in [4.78, 5) is 12.8. The standard InChI is InChI=1S/C16H15FN4OS/c17-12-4-6-13(7-5-12)23-10-8-16(22)18-11-15-20-19-14-3-1-2-9-21(14)15/h1-7,9H,8,10-11H2,(H,18,22). The number of hydrogen-bond donors (Lipinski definition) is 1. The smallest absolute Gasteiger partial charge is 0.221 e. The lowest BCUT2D eigenvalue weighted by molar-refractivity contribution is -0.120. The van der Waals surface area contributed by atoms with E-state index in [4.69, 9.17) is 0 Å². The van der Waals surface area contributed by atoms with Crippen molar-refractivity contribution in [2.24, 2.45) is 0 Å². The second kappa shape index (κ2) is 7.23. The number of carbonyl (C=O) groups is 1. The molecule has 0 atom stereocenters. The van der Waals surface area contributed by atoms with Crippen molar-refractivity contribution < 1.29 is 9.18 Å². The maximum absolute atomic E-state index is 12.8. The molecule has 1 aromatic carbocycles. The number of halogens is 1. The number of nitrogens with zero attached hydrogens (tertiary/aromatic N) is 3. The third-order valence-corrected chi connectivity index (χ3v) is 4.25. The number of thioether (sulfide) groups is 1. The van der Waals surface area contributed by atoms with Crippen molar-refractivity contribution in [2.45, 2.75) is 17.9 Å². The second-order valence-corrected chi connectivity index (χ2v) is 6.04. The highest BCUT2D eigenvalue weighted by atomic mass is 32.2. The van der Waals surface area contributed by atoms with Gasteiger partial charge < -0.3 is 5.32 Å². The summed E-state index contributed by atoms with van der Waals surface area (Å²) >= 11 is 1.52. The Hall–Kier alpha value is -2.41. The lowest BCUT2D eigenvalue weighted by atomic mass is 10.4. The van der Waals surface area contributed by atoms with E-state index >= 15 is 0 Å². The Kier molecular flexibility index (Phi) is 4.87. The Labute approximate surface area is 136 Å². The molecule has 23 heavy (non-hydrogen) atoms. The summed E-state index contributed by atoms with van der Waals surface area (Å²) in [5.74, 6) is 1.03. The van der Waals surface area contributed by atoms with E-state index in [9.17, 15) is 9.18 Å². The first-order valence-electron chi connectivity index (χ1n) is 7.16. The number of benzene rings is 1. The van der Waals surface area contributed by atoms with Crippen LogP contribution in [-0.2, 0) is 11.3 Å². The van der Waals surface area contributed by atoms with E-state index in [0.29, 0.717) is 24.5 Å². The lowest BCUT2D eigenvalue weighted by Gasteiger charge is -2.04. The van der Waals surface area contributed by atoms with Gasteiger partial charge in [-0.3, -0.25) is 9.20 Å². The van der Waals surface area contributed by atoms with Crippen LogP contribution in [0.5, 0.6) is 0 Å². The molecule has 7 heteroatoms. The lowest BCUT2D eigenvalue weighted by Crippen LogP contribution is -2.24. The number of aromatic nitrogens is 3. The molecular formula is C16H15FN4OS. The average molecular weight is 330 g/mol. The van der Waals surface area contributed by atoms with Gasteiger partial charge >= 0.3 is 0 Å². The maximum Gasteiger partial charge on any atom is 0.221 e. The Morgan fingerprint density at radius 3 is 2.83 bits per heavy atom. The van der Waals surface area contributed by atoms with E-state index in [1.807, 2.05) is 28.8 Å². The van der Waals surface area contributed by atoms with Gasteiger partial charge in [0.15, 0.2) is 11.5 Å². The number of fused-ring (bicyclic) bond motifs is 1. The van der Waals surface area contributed by atoms with Crippen molar-refractivity contribution in [3.8, 4) is 0 Å². The third-order valence-electron chi connectivity index (χ3n) is 3.24. The van der Waals surface area contributed by atoms with Crippen LogP contribution in [-0.4, -0.2) is 26.3 Å². The van der Waals surface area contributed by atoms with Gasteiger partial charge in [-0.05, 0) is 36.4 Å². The first-order chi connectivity index (χ1) is 11.2. The zero-order valence-electron chi connectivity index (χ0n) is 12.3. The van der Waals surface area contributed by atoms with E-state index < -0.39 is 0 Å². The molecule has 0 bridgehead atoms. The van der Waals surface area contributed by atoms with Crippen LogP contribution in [0.4, 0.5) is 4.39 Å². The van der Waals surface area contributed by atoms with Crippen molar-refractivity contribution in [1.82, 2.24) is 19.9 Å². The molecule has 0 saturated carbocycles. The van der Waals surface area contributed by atoms with Gasteiger partial charge in [0.05, 0.1) is 6.54 Å². The minimum atomic E-state index is -0.257. The monoisotopic (exact) mass is 330 g/mol. The molecule has 1 N–H and O–H groups in total. The summed E-state index contributed by atoms with van der Waals surface area (Å²) in [7, 11) is 0. The fourth-order valence-electron chi connectivity index (χ4n) is 2.07. The zero-order chi connectivity index (χ0) is 16.1. The van der Waals surface area contributed by atoms with Crippen LogP contribution in [0, 0.1) is 5.82 Å². The summed E-state index contributed by atoms with van der Waals surface area (Å²) in [6.45, 7) is 0.339. The largest absolute Gasteiger partial charge is 0.349 e. The van der Waals surface area contributed by atoms with Gasteiger partial charge in [0.25, 0.3) is 0 Å². The Morgan fingerprint density at radius 1 is 1.17 bits per heavy atom. The molecule has 0 aliphatic rings. The van der Waals surface area contributed by atoms with Crippen LogP contribution in [0.1, 0.15) is 12.2 Å². The number of pyridine rings is 1. The van der Waals surface area contributed by atoms with Gasteiger partial charge in [0, 0.05) is 23.3 Å². The molecule has 0 saturated heterocycles. The van der Waals surface area contributed by atoms with Gasteiger partial charge in [0.2, 0.25) is 5.91 Å². The summed E-state index contributed by atoms with van der Waals surface area (Å²) in [5, 5.41) is 10.9. The number of carbonyl (C=O) groups excluding carboxylic acids is 1. The normalized spacial score (nSPS) is 10.8. The second-order valence-electron chi connectivity index (χ2n) is 4.87. The molecule has 1 amide bonds. The van der Waals surface area contributed by atoms with Crippen molar-refractivity contribution in [2.75, 3.05) is 5.75 Å². The Balaban J connectivity index is 1.45. The van der Waals surface area contributed by atoms with Crippen molar-refractivity contribution >= 4 is 23.3 Å². The predicted molar refractivity (Wildman–Crippen MR) is 86.6 cm³/mol. The van der Waals surface area contributed by atoms with Crippen molar-refractivity contribution in [3.63, 3.8) is 0 Å². The van der Waals surface area contributed by atoms with Crippen LogP contribution < -0.4 is 5.32 Å². The molecule has 0 aliphatic heterocycles. The molecule has 3 aromatic rings. The molecule has 0 unspecified atom stereocenters. The van der Waals surface area contributed by atoms with Crippen LogP contribution >= 0.6 is 11.8 Å². The van der Waals surface area contributed by atoms with E-state index in [1.54, 1.807) is 12.1 Å². The minimum Gasteiger partial charge on any atom is -0.349 e. The van der Waals surface area contributed by atoms with Gasteiger partial charge in [-0.25, -0.2) is 4.39 Å². The summed E-state index contributed by atoms with van der Waals surface area (Å²) < 4.78 is 14.6. The molecule has 0 fully saturated rings. The topological polar surface area (TPSA) is 59.3 Å². The van der Waals surface area contributed by atoms with E-state index in [2.05, 4.69) is 15.5 Å². The SMILES string of the molecule is O=C(CCSc1ccc(F)cc1)NCc1nnc2ccccn12. The first kappa shape index (κ1) is 15.5. The van der Waals surface area contributed by atoms with E-state index in [1.165, 1.54) is 23.9 Å². The van der Waals surface area contributed by atoms with Gasteiger partial charge in [-0.1, -0.05) is 6.07 Å². The molecular weight excluding hydrogens is 315 g/mol. The average Bonchev–Trinajstić information content (AvgIpc) is 2.98. The summed E-state index contributed by atoms with van der Waals surface area (Å²) in [6, 6.07) is 11.9. The quantitative estimate of drug-likeness (QED) is 0.706. The van der Waals surface area contributed by atoms with Crippen molar-refractivity contribution in [1.29, 1.82) is 0 Å². The predicted octanol–water partition coefficient (Wildman–Crippen LogP) is 2.67. The van der Waals surface area contributed by atoms with Crippen LogP contribution in [0.2, 0.25) is 0 Å². The van der Waals surface area contributed by atoms with Gasteiger partial charge in [-0.2, -0.15) is 0 Å². The first-order valence-corrected chi connectivity index (χ1v) is 8.14. The third kappa shape index (κ3) is 4.07. The van der Waals surface area contributed by atoms with Gasteiger partial charge in [-0.15, -0.1) is 22.0 Å². The fraction of sp³-hybridized carbons (Fsp3) is 0.188. The maximum atomic E-state index is 12.8. The van der Waals surface area contributed by atoms with Crippen LogP contribution in [0.3, 0.4) is 0 Å². The number of rotatable bonds is 6. The Morgan fingerprint density at radius 2 is 2.00 bits per heavy atom. The molecule has 118 valence electrons. The Bertz CT molecular complexity index is 803. The molecule has 3 rings (SSSR count). The minimum absolute atomic E-state index is 0.0488. The van der Waals surface area contributed by atoms with E-state index in [0.717, 1.165) is 10.5 Å².